The molecule has 2 aliphatic rings. The minimum atomic E-state index is -0.0780. The molecule has 0 bridgehead atoms. The number of aryl methyl sites for hydroxylation is 1. The zero-order valence-electron chi connectivity index (χ0n) is 14.7. The maximum Gasteiger partial charge on any atom is 0.123 e. The van der Waals surface area contributed by atoms with E-state index in [2.05, 4.69) is 42.0 Å². The fraction of sp³-hybridized carbons (Fsp3) is 0.526. The Kier molecular flexibility index (Phi) is 3.85. The van der Waals surface area contributed by atoms with Gasteiger partial charge in [0, 0.05) is 44.9 Å². The normalized spacial score (nSPS) is 23.0. The van der Waals surface area contributed by atoms with Gasteiger partial charge in [-0.25, -0.2) is 0 Å². The molecule has 128 valence electrons. The third kappa shape index (κ3) is 3.19. The van der Waals surface area contributed by atoms with Gasteiger partial charge in [0.15, 0.2) is 0 Å². The van der Waals surface area contributed by atoms with E-state index in [-0.39, 0.29) is 11.7 Å². The molecule has 0 unspecified atom stereocenters. The van der Waals surface area contributed by atoms with Gasteiger partial charge in [-0.3, -0.25) is 9.58 Å². The third-order valence-electron chi connectivity index (χ3n) is 4.78. The van der Waals surface area contributed by atoms with Crippen molar-refractivity contribution >= 4 is 0 Å². The topological polar surface area (TPSA) is 39.5 Å². The SMILES string of the molecule is Cn1cc([C@H]2CN(Cc3ccc4c(c3)CC(C)(C)O4)CCO2)cn1. The van der Waals surface area contributed by atoms with Crippen molar-refractivity contribution in [1.29, 1.82) is 0 Å². The van der Waals surface area contributed by atoms with Crippen LogP contribution in [0.4, 0.5) is 0 Å². The van der Waals surface area contributed by atoms with E-state index < -0.39 is 0 Å². The maximum atomic E-state index is 5.97. The van der Waals surface area contributed by atoms with E-state index in [1.807, 2.05) is 24.1 Å². The lowest BCUT2D eigenvalue weighted by atomic mass is 10.00. The number of ether oxygens (including phenoxy) is 2. The smallest absolute Gasteiger partial charge is 0.123 e. The van der Waals surface area contributed by atoms with Crippen molar-refractivity contribution in [1.82, 2.24) is 14.7 Å². The lowest BCUT2D eigenvalue weighted by Crippen LogP contribution is -2.37. The number of rotatable bonds is 3. The van der Waals surface area contributed by atoms with Gasteiger partial charge < -0.3 is 9.47 Å². The first-order valence-electron chi connectivity index (χ1n) is 8.62. The zero-order chi connectivity index (χ0) is 16.7. The lowest BCUT2D eigenvalue weighted by Gasteiger charge is -2.32. The highest BCUT2D eigenvalue weighted by molar-refractivity contribution is 5.41. The standard InChI is InChI=1S/C19H25N3O2/c1-19(2)9-15-8-14(4-5-17(15)24-19)11-22-6-7-23-18(13-22)16-10-20-21(3)12-16/h4-5,8,10,12,18H,6-7,9,11,13H2,1-3H3/t18-/m1/s1. The van der Waals surface area contributed by atoms with Crippen LogP contribution in [-0.4, -0.2) is 40.0 Å². The van der Waals surface area contributed by atoms with Gasteiger partial charge in [-0.1, -0.05) is 12.1 Å². The van der Waals surface area contributed by atoms with E-state index in [4.69, 9.17) is 9.47 Å². The molecule has 4 rings (SSSR count). The maximum absolute atomic E-state index is 5.97. The van der Waals surface area contributed by atoms with Crippen LogP contribution in [0.1, 0.15) is 36.6 Å². The first kappa shape index (κ1) is 15.7. The van der Waals surface area contributed by atoms with Crippen LogP contribution < -0.4 is 4.74 Å². The Morgan fingerprint density at radius 3 is 3.00 bits per heavy atom. The fourth-order valence-corrected chi connectivity index (χ4v) is 3.67. The monoisotopic (exact) mass is 327 g/mol. The summed E-state index contributed by atoms with van der Waals surface area (Å²) in [6.07, 6.45) is 5.05. The quantitative estimate of drug-likeness (QED) is 0.869. The molecule has 24 heavy (non-hydrogen) atoms. The Morgan fingerprint density at radius 2 is 2.21 bits per heavy atom. The molecule has 0 spiro atoms. The average Bonchev–Trinajstić information content (AvgIpc) is 3.09. The van der Waals surface area contributed by atoms with Gasteiger partial charge in [-0.05, 0) is 31.0 Å². The van der Waals surface area contributed by atoms with Crippen LogP contribution in [-0.2, 0) is 24.8 Å². The summed E-state index contributed by atoms with van der Waals surface area (Å²) in [4.78, 5) is 2.46. The summed E-state index contributed by atoms with van der Waals surface area (Å²) >= 11 is 0. The van der Waals surface area contributed by atoms with Crippen molar-refractivity contribution in [2.75, 3.05) is 19.7 Å². The molecule has 0 N–H and O–H groups in total. The number of nitrogens with zero attached hydrogens (tertiary/aromatic N) is 3. The van der Waals surface area contributed by atoms with E-state index in [1.54, 1.807) is 0 Å². The molecule has 0 amide bonds. The van der Waals surface area contributed by atoms with Crippen molar-refractivity contribution in [2.24, 2.45) is 7.05 Å². The average molecular weight is 327 g/mol. The Labute approximate surface area is 143 Å². The number of fused-ring (bicyclic) bond motifs is 1. The summed E-state index contributed by atoms with van der Waals surface area (Å²) < 4.78 is 13.7. The molecule has 2 aromatic rings. The van der Waals surface area contributed by atoms with Crippen LogP contribution in [0.2, 0.25) is 0 Å². The van der Waals surface area contributed by atoms with Gasteiger partial charge >= 0.3 is 0 Å². The molecule has 1 atom stereocenters. The van der Waals surface area contributed by atoms with Crippen LogP contribution in [0, 0.1) is 0 Å². The van der Waals surface area contributed by atoms with Crippen LogP contribution >= 0.6 is 0 Å². The summed E-state index contributed by atoms with van der Waals surface area (Å²) in [5, 5.41) is 4.26. The summed E-state index contributed by atoms with van der Waals surface area (Å²) in [7, 11) is 1.94. The van der Waals surface area contributed by atoms with Crippen molar-refractivity contribution in [3.63, 3.8) is 0 Å². The van der Waals surface area contributed by atoms with Gasteiger partial charge in [0.25, 0.3) is 0 Å². The molecule has 0 saturated carbocycles. The summed E-state index contributed by atoms with van der Waals surface area (Å²) in [5.41, 5.74) is 3.76. The molecule has 1 aromatic heterocycles. The number of morpholine rings is 1. The molecule has 5 heteroatoms. The molecule has 1 saturated heterocycles. The highest BCUT2D eigenvalue weighted by Crippen LogP contribution is 2.35. The second-order valence-electron chi connectivity index (χ2n) is 7.52. The molecule has 3 heterocycles. The summed E-state index contributed by atoms with van der Waals surface area (Å²) in [6.45, 7) is 7.88. The second kappa shape index (κ2) is 5.90. The van der Waals surface area contributed by atoms with Crippen LogP contribution in [0.3, 0.4) is 0 Å². The van der Waals surface area contributed by atoms with Crippen molar-refractivity contribution < 1.29 is 9.47 Å². The highest BCUT2D eigenvalue weighted by Gasteiger charge is 2.30. The van der Waals surface area contributed by atoms with E-state index in [0.29, 0.717) is 0 Å². The number of hydrogen-bond donors (Lipinski definition) is 0. The number of hydrogen-bond acceptors (Lipinski definition) is 4. The lowest BCUT2D eigenvalue weighted by molar-refractivity contribution is -0.0329. The van der Waals surface area contributed by atoms with E-state index >= 15 is 0 Å². The molecule has 1 fully saturated rings. The molecular formula is C19H25N3O2. The predicted molar refractivity (Wildman–Crippen MR) is 92.0 cm³/mol. The minimum absolute atomic E-state index is 0.0780. The van der Waals surface area contributed by atoms with Crippen LogP contribution in [0.25, 0.3) is 0 Å². The van der Waals surface area contributed by atoms with Gasteiger partial charge in [0.2, 0.25) is 0 Å². The molecule has 0 aliphatic carbocycles. The summed E-state index contributed by atoms with van der Waals surface area (Å²) in [6, 6.07) is 6.62. The van der Waals surface area contributed by atoms with Gasteiger partial charge in [0.1, 0.15) is 11.4 Å². The van der Waals surface area contributed by atoms with Gasteiger partial charge in [-0.2, -0.15) is 5.10 Å². The Morgan fingerprint density at radius 1 is 1.33 bits per heavy atom. The molecule has 2 aliphatic heterocycles. The molecular weight excluding hydrogens is 302 g/mol. The highest BCUT2D eigenvalue weighted by atomic mass is 16.5. The first-order chi connectivity index (χ1) is 11.5. The van der Waals surface area contributed by atoms with Gasteiger partial charge in [-0.15, -0.1) is 0 Å². The third-order valence-corrected chi connectivity index (χ3v) is 4.78. The van der Waals surface area contributed by atoms with Crippen molar-refractivity contribution in [3.05, 3.63) is 47.3 Å². The molecule has 5 nitrogen and oxygen atoms in total. The Balaban J connectivity index is 1.44. The Hall–Kier alpha value is -1.85. The van der Waals surface area contributed by atoms with Crippen LogP contribution in [0.5, 0.6) is 5.75 Å². The summed E-state index contributed by atoms with van der Waals surface area (Å²) in [5.74, 6) is 1.04. The zero-order valence-corrected chi connectivity index (χ0v) is 14.7. The predicted octanol–water partition coefficient (Wildman–Crippen LogP) is 2.71. The minimum Gasteiger partial charge on any atom is -0.487 e. The number of benzene rings is 1. The molecule has 1 aromatic carbocycles. The van der Waals surface area contributed by atoms with E-state index in [1.165, 1.54) is 11.1 Å². The fourth-order valence-electron chi connectivity index (χ4n) is 3.67. The van der Waals surface area contributed by atoms with Crippen LogP contribution in [0.15, 0.2) is 30.6 Å². The van der Waals surface area contributed by atoms with E-state index in [9.17, 15) is 0 Å². The second-order valence-corrected chi connectivity index (χ2v) is 7.52. The number of aromatic nitrogens is 2. The van der Waals surface area contributed by atoms with Gasteiger partial charge in [0.05, 0.1) is 18.9 Å². The van der Waals surface area contributed by atoms with Crippen molar-refractivity contribution in [3.8, 4) is 5.75 Å². The first-order valence-corrected chi connectivity index (χ1v) is 8.62. The van der Waals surface area contributed by atoms with E-state index in [0.717, 1.165) is 44.0 Å². The Bertz CT molecular complexity index is 738. The van der Waals surface area contributed by atoms with Crippen molar-refractivity contribution in [2.45, 2.75) is 38.5 Å². The largest absolute Gasteiger partial charge is 0.487 e. The molecule has 0 radical (unpaired) electrons.